The molecule has 1 aromatic carbocycles. The number of likely N-dealkylation sites (N-methyl/N-ethyl adjacent to an activating group) is 1. The summed E-state index contributed by atoms with van der Waals surface area (Å²) >= 11 is 3.41. The van der Waals surface area contributed by atoms with Gasteiger partial charge in [0, 0.05) is 37.2 Å². The van der Waals surface area contributed by atoms with Gasteiger partial charge in [0.2, 0.25) is 5.91 Å². The Kier molecular flexibility index (Phi) is 5.80. The zero-order chi connectivity index (χ0) is 14.4. The van der Waals surface area contributed by atoms with Gasteiger partial charge in [0.25, 0.3) is 0 Å². The minimum Gasteiger partial charge on any atom is -0.381 e. The molecule has 0 aliphatic carbocycles. The Morgan fingerprint density at radius 1 is 1.35 bits per heavy atom. The minimum atomic E-state index is 0.134. The van der Waals surface area contributed by atoms with Gasteiger partial charge in [-0.15, -0.1) is 0 Å². The van der Waals surface area contributed by atoms with Crippen LogP contribution >= 0.6 is 15.9 Å². The Balaban J connectivity index is 1.83. The maximum Gasteiger partial charge on any atom is 0.225 e. The Hall–Kier alpha value is -1.13. The van der Waals surface area contributed by atoms with Crippen molar-refractivity contribution in [3.63, 3.8) is 0 Å². The number of carbonyl (C=O) groups is 1. The molecule has 3 nitrogen and oxygen atoms in total. The molecule has 1 aromatic rings. The zero-order valence-electron chi connectivity index (χ0n) is 11.7. The summed E-state index contributed by atoms with van der Waals surface area (Å²) in [5.74, 6) is 0.364. The van der Waals surface area contributed by atoms with Gasteiger partial charge in [-0.3, -0.25) is 4.79 Å². The Morgan fingerprint density at radius 2 is 2.00 bits per heavy atom. The van der Waals surface area contributed by atoms with Crippen LogP contribution in [-0.2, 0) is 9.53 Å². The normalized spacial score (nSPS) is 16.5. The molecule has 0 atom stereocenters. The van der Waals surface area contributed by atoms with Gasteiger partial charge in [-0.1, -0.05) is 40.2 Å². The van der Waals surface area contributed by atoms with Gasteiger partial charge in [0.1, 0.15) is 0 Å². The number of halogens is 1. The number of rotatable bonds is 4. The lowest BCUT2D eigenvalue weighted by atomic mass is 9.99. The van der Waals surface area contributed by atoms with E-state index in [1.807, 2.05) is 43.5 Å². The second kappa shape index (κ2) is 7.60. The summed E-state index contributed by atoms with van der Waals surface area (Å²) in [6.45, 7) is 2.06. The van der Waals surface area contributed by atoms with Crippen molar-refractivity contribution in [3.05, 3.63) is 40.4 Å². The Labute approximate surface area is 128 Å². The van der Waals surface area contributed by atoms with Crippen molar-refractivity contribution in [1.29, 1.82) is 0 Å². The van der Waals surface area contributed by atoms with Crippen molar-refractivity contribution in [2.75, 3.05) is 26.8 Å². The molecule has 0 radical (unpaired) electrons. The van der Waals surface area contributed by atoms with E-state index in [2.05, 4.69) is 15.9 Å². The third-order valence-corrected chi connectivity index (χ3v) is 4.04. The molecule has 0 bridgehead atoms. The van der Waals surface area contributed by atoms with Crippen LogP contribution in [0.5, 0.6) is 0 Å². The minimum absolute atomic E-state index is 0.134. The van der Waals surface area contributed by atoms with E-state index in [0.717, 1.165) is 22.9 Å². The van der Waals surface area contributed by atoms with E-state index in [-0.39, 0.29) is 11.8 Å². The van der Waals surface area contributed by atoms with Gasteiger partial charge in [0.05, 0.1) is 0 Å². The predicted octanol–water partition coefficient (Wildman–Crippen LogP) is 3.35. The fourth-order valence-electron chi connectivity index (χ4n) is 2.27. The van der Waals surface area contributed by atoms with Crippen molar-refractivity contribution in [2.45, 2.75) is 12.8 Å². The van der Waals surface area contributed by atoms with Crippen LogP contribution in [0, 0.1) is 5.92 Å². The molecule has 1 aliphatic rings. The fraction of sp³-hybridized carbons (Fsp3) is 0.438. The third kappa shape index (κ3) is 4.46. The second-order valence-corrected chi connectivity index (χ2v) is 5.98. The molecule has 20 heavy (non-hydrogen) atoms. The van der Waals surface area contributed by atoms with Gasteiger partial charge in [0.15, 0.2) is 0 Å². The molecular formula is C16H20BrNO2. The lowest BCUT2D eigenvalue weighted by Crippen LogP contribution is -2.35. The molecule has 0 unspecified atom stereocenters. The first-order valence-corrected chi connectivity index (χ1v) is 7.71. The van der Waals surface area contributed by atoms with Gasteiger partial charge in [-0.25, -0.2) is 0 Å². The standard InChI is InChI=1S/C16H20BrNO2/c1-18(16(19)14-8-11-20-12-9-14)10-2-3-13-4-6-15(17)7-5-13/h2-7,14H,8-12H2,1H3/b3-2+. The Morgan fingerprint density at radius 3 is 2.65 bits per heavy atom. The van der Waals surface area contributed by atoms with Crippen molar-refractivity contribution in [3.8, 4) is 0 Å². The molecular weight excluding hydrogens is 318 g/mol. The first-order chi connectivity index (χ1) is 9.66. The maximum atomic E-state index is 12.2. The highest BCUT2D eigenvalue weighted by atomic mass is 79.9. The molecule has 1 aliphatic heterocycles. The number of ether oxygens (including phenoxy) is 1. The number of carbonyl (C=O) groups excluding carboxylic acids is 1. The van der Waals surface area contributed by atoms with Crippen LogP contribution in [0.25, 0.3) is 6.08 Å². The van der Waals surface area contributed by atoms with Gasteiger partial charge in [-0.05, 0) is 30.5 Å². The van der Waals surface area contributed by atoms with Crippen LogP contribution in [0.4, 0.5) is 0 Å². The van der Waals surface area contributed by atoms with Gasteiger partial charge < -0.3 is 9.64 Å². The quantitative estimate of drug-likeness (QED) is 0.843. The van der Waals surface area contributed by atoms with E-state index in [1.54, 1.807) is 4.90 Å². The van der Waals surface area contributed by atoms with Crippen LogP contribution in [-0.4, -0.2) is 37.6 Å². The number of hydrogen-bond acceptors (Lipinski definition) is 2. The third-order valence-electron chi connectivity index (χ3n) is 3.51. The molecule has 2 rings (SSSR count). The predicted molar refractivity (Wildman–Crippen MR) is 84.4 cm³/mol. The highest BCUT2D eigenvalue weighted by Crippen LogP contribution is 2.17. The molecule has 1 saturated heterocycles. The number of nitrogens with zero attached hydrogens (tertiary/aromatic N) is 1. The molecule has 1 heterocycles. The van der Waals surface area contributed by atoms with Gasteiger partial charge >= 0.3 is 0 Å². The summed E-state index contributed by atoms with van der Waals surface area (Å²) in [5.41, 5.74) is 1.14. The SMILES string of the molecule is CN(C/C=C/c1ccc(Br)cc1)C(=O)C1CCOCC1. The van der Waals surface area contributed by atoms with Crippen LogP contribution in [0.2, 0.25) is 0 Å². The highest BCUT2D eigenvalue weighted by Gasteiger charge is 2.23. The van der Waals surface area contributed by atoms with Crippen molar-refractivity contribution in [2.24, 2.45) is 5.92 Å². The van der Waals surface area contributed by atoms with Crippen LogP contribution in [0.3, 0.4) is 0 Å². The molecule has 4 heteroatoms. The molecule has 1 amide bonds. The molecule has 0 aromatic heterocycles. The molecule has 108 valence electrons. The first-order valence-electron chi connectivity index (χ1n) is 6.91. The Bertz CT molecular complexity index is 464. The summed E-state index contributed by atoms with van der Waals surface area (Å²) in [7, 11) is 1.86. The highest BCUT2D eigenvalue weighted by molar-refractivity contribution is 9.10. The second-order valence-electron chi connectivity index (χ2n) is 5.06. The lowest BCUT2D eigenvalue weighted by Gasteiger charge is -2.25. The number of benzene rings is 1. The van der Waals surface area contributed by atoms with E-state index in [0.29, 0.717) is 19.8 Å². The van der Waals surface area contributed by atoms with E-state index in [9.17, 15) is 4.79 Å². The van der Waals surface area contributed by atoms with Crippen LogP contribution in [0.15, 0.2) is 34.8 Å². The van der Waals surface area contributed by atoms with E-state index in [4.69, 9.17) is 4.74 Å². The molecule has 0 saturated carbocycles. The first kappa shape index (κ1) is 15.3. The number of amides is 1. The monoisotopic (exact) mass is 337 g/mol. The largest absolute Gasteiger partial charge is 0.381 e. The summed E-state index contributed by atoms with van der Waals surface area (Å²) in [6.07, 6.45) is 5.76. The van der Waals surface area contributed by atoms with Crippen LogP contribution in [0.1, 0.15) is 18.4 Å². The molecule has 0 spiro atoms. The lowest BCUT2D eigenvalue weighted by molar-refractivity contribution is -0.136. The summed E-state index contributed by atoms with van der Waals surface area (Å²) < 4.78 is 6.36. The molecule has 0 N–H and O–H groups in total. The van der Waals surface area contributed by atoms with E-state index in [1.165, 1.54) is 0 Å². The average Bonchev–Trinajstić information content (AvgIpc) is 2.49. The van der Waals surface area contributed by atoms with Crippen LogP contribution < -0.4 is 0 Å². The van der Waals surface area contributed by atoms with Crippen molar-refractivity contribution < 1.29 is 9.53 Å². The van der Waals surface area contributed by atoms with E-state index < -0.39 is 0 Å². The maximum absolute atomic E-state index is 12.2. The van der Waals surface area contributed by atoms with Crippen molar-refractivity contribution in [1.82, 2.24) is 4.90 Å². The fourth-order valence-corrected chi connectivity index (χ4v) is 2.53. The zero-order valence-corrected chi connectivity index (χ0v) is 13.3. The molecule has 1 fully saturated rings. The topological polar surface area (TPSA) is 29.5 Å². The summed E-state index contributed by atoms with van der Waals surface area (Å²) in [5, 5.41) is 0. The van der Waals surface area contributed by atoms with Gasteiger partial charge in [-0.2, -0.15) is 0 Å². The van der Waals surface area contributed by atoms with Crippen molar-refractivity contribution >= 4 is 27.9 Å². The summed E-state index contributed by atoms with van der Waals surface area (Å²) in [4.78, 5) is 14.0. The van der Waals surface area contributed by atoms with E-state index >= 15 is 0 Å². The average molecular weight is 338 g/mol. The summed E-state index contributed by atoms with van der Waals surface area (Å²) in [6, 6.07) is 8.11. The smallest absolute Gasteiger partial charge is 0.225 e. The number of hydrogen-bond donors (Lipinski definition) is 0.